The van der Waals surface area contributed by atoms with Gasteiger partial charge in [0.15, 0.2) is 29.5 Å². The second-order valence-corrected chi connectivity index (χ2v) is 11.0. The van der Waals surface area contributed by atoms with Crippen LogP contribution >= 0.6 is 0 Å². The van der Waals surface area contributed by atoms with E-state index in [-0.39, 0.29) is 34.2 Å². The van der Waals surface area contributed by atoms with Gasteiger partial charge in [-0.25, -0.2) is 0 Å². The molecule has 3 aromatic rings. The molecule has 3 heterocycles. The number of phenols is 2. The standard InChI is InChI=1S/C30H34O16/c1-10-20(34)23(37)24(38)29(41-10)46-28-22(36)19-16(33)8-14(44-30-25(39)27(43-12(3)31)21(35)11(2)42-30)9-18(19)45-26(28)13-5-6-17(40-4)15(32)7-13/h5-11,20-21,23-25,27,29-30,32-35,37-39H,1-4H3. The smallest absolute Gasteiger partial charge is 0.303 e. The van der Waals surface area contributed by atoms with Crippen LogP contribution in [0.25, 0.3) is 22.3 Å². The Balaban J connectivity index is 1.59. The first-order valence-electron chi connectivity index (χ1n) is 14.1. The Morgan fingerprint density at radius 1 is 0.804 bits per heavy atom. The third-order valence-corrected chi connectivity index (χ3v) is 7.73. The average molecular weight is 651 g/mol. The van der Waals surface area contributed by atoms with Crippen molar-refractivity contribution in [2.75, 3.05) is 7.11 Å². The van der Waals surface area contributed by atoms with Gasteiger partial charge in [-0.1, -0.05) is 0 Å². The number of fused-ring (bicyclic) bond motifs is 1. The van der Waals surface area contributed by atoms with Crippen LogP contribution in [0, 0.1) is 0 Å². The van der Waals surface area contributed by atoms with E-state index in [1.165, 1.54) is 45.2 Å². The summed E-state index contributed by atoms with van der Waals surface area (Å²) in [7, 11) is 1.33. The molecule has 2 aliphatic heterocycles. The fourth-order valence-electron chi connectivity index (χ4n) is 5.24. The van der Waals surface area contributed by atoms with Gasteiger partial charge in [0.2, 0.25) is 23.8 Å². The van der Waals surface area contributed by atoms with Crippen LogP contribution in [0.4, 0.5) is 0 Å². The first-order chi connectivity index (χ1) is 21.7. The molecule has 2 fully saturated rings. The van der Waals surface area contributed by atoms with Crippen molar-refractivity contribution in [2.24, 2.45) is 0 Å². The molecule has 46 heavy (non-hydrogen) atoms. The van der Waals surface area contributed by atoms with E-state index < -0.39 is 89.7 Å². The van der Waals surface area contributed by atoms with Gasteiger partial charge < -0.3 is 68.6 Å². The lowest BCUT2D eigenvalue weighted by molar-refractivity contribution is -0.272. The number of phenolic OH excluding ortho intramolecular Hbond substituents is 2. The lowest BCUT2D eigenvalue weighted by Gasteiger charge is -2.40. The van der Waals surface area contributed by atoms with Crippen LogP contribution in [0.15, 0.2) is 39.5 Å². The van der Waals surface area contributed by atoms with Gasteiger partial charge in [0.05, 0.1) is 19.3 Å². The highest BCUT2D eigenvalue weighted by molar-refractivity contribution is 5.88. The number of benzene rings is 2. The molecule has 0 aliphatic carbocycles. The molecule has 0 amide bonds. The summed E-state index contributed by atoms with van der Waals surface area (Å²) in [4.78, 5) is 25.4. The van der Waals surface area contributed by atoms with E-state index in [0.717, 1.165) is 13.0 Å². The monoisotopic (exact) mass is 650 g/mol. The summed E-state index contributed by atoms with van der Waals surface area (Å²) in [6.07, 6.45) is -14.5. The minimum atomic E-state index is -1.80. The number of rotatable bonds is 7. The quantitative estimate of drug-likeness (QED) is 0.165. The molecule has 16 nitrogen and oxygen atoms in total. The number of aromatic hydroxyl groups is 2. The number of aliphatic hydroxyl groups is 5. The maximum absolute atomic E-state index is 13.9. The zero-order valence-electron chi connectivity index (χ0n) is 25.0. The van der Waals surface area contributed by atoms with Crippen LogP contribution in [-0.2, 0) is 19.0 Å². The molecule has 2 saturated heterocycles. The second-order valence-electron chi connectivity index (χ2n) is 11.0. The summed E-state index contributed by atoms with van der Waals surface area (Å²) in [6.45, 7) is 3.98. The van der Waals surface area contributed by atoms with Crippen LogP contribution in [0.2, 0.25) is 0 Å². The molecule has 0 saturated carbocycles. The predicted octanol–water partition coefficient (Wildman–Crippen LogP) is -0.137. The van der Waals surface area contributed by atoms with Crippen molar-refractivity contribution < 1.29 is 73.4 Å². The largest absolute Gasteiger partial charge is 0.507 e. The molecule has 0 radical (unpaired) electrons. The molecule has 10 unspecified atom stereocenters. The summed E-state index contributed by atoms with van der Waals surface area (Å²) in [6, 6.07) is 6.20. The Hall–Kier alpha value is -4.16. The van der Waals surface area contributed by atoms with Crippen LogP contribution < -0.4 is 19.6 Å². The highest BCUT2D eigenvalue weighted by Gasteiger charge is 2.47. The molecular formula is C30H34O16. The topological polar surface area (TPSA) is 244 Å². The summed E-state index contributed by atoms with van der Waals surface area (Å²) in [5.74, 6) is -2.73. The SMILES string of the molecule is COc1ccc(-c2oc3cc(OC4OC(C)C(O)C(OC(C)=O)C4O)cc(O)c3c(=O)c2OC2OC(C)C(O)C(O)C2O)cc1O. The lowest BCUT2D eigenvalue weighted by atomic mass is 9.99. The highest BCUT2D eigenvalue weighted by Crippen LogP contribution is 2.40. The van der Waals surface area contributed by atoms with Crippen molar-refractivity contribution >= 4 is 16.9 Å². The maximum Gasteiger partial charge on any atom is 0.303 e. The van der Waals surface area contributed by atoms with Crippen LogP contribution in [-0.4, -0.2) is 110 Å². The molecule has 250 valence electrons. The fourth-order valence-corrected chi connectivity index (χ4v) is 5.24. The Kier molecular flexibility index (Phi) is 9.33. The average Bonchev–Trinajstić information content (AvgIpc) is 3.00. The maximum atomic E-state index is 13.9. The number of carbonyl (C=O) groups is 1. The Bertz CT molecular complexity index is 1650. The number of hydrogen-bond acceptors (Lipinski definition) is 16. The first-order valence-corrected chi connectivity index (χ1v) is 14.1. The van der Waals surface area contributed by atoms with Gasteiger partial charge in [-0.15, -0.1) is 0 Å². The van der Waals surface area contributed by atoms with Gasteiger partial charge in [-0.3, -0.25) is 9.59 Å². The molecule has 16 heteroatoms. The van der Waals surface area contributed by atoms with Gasteiger partial charge in [-0.2, -0.15) is 0 Å². The Morgan fingerprint density at radius 3 is 2.09 bits per heavy atom. The van der Waals surface area contributed by atoms with Crippen molar-refractivity contribution in [3.05, 3.63) is 40.6 Å². The van der Waals surface area contributed by atoms with E-state index in [1.807, 2.05) is 0 Å². The number of aliphatic hydroxyl groups excluding tert-OH is 5. The number of ether oxygens (including phenoxy) is 6. The highest BCUT2D eigenvalue weighted by atomic mass is 16.7. The van der Waals surface area contributed by atoms with Crippen molar-refractivity contribution in [3.63, 3.8) is 0 Å². The molecule has 1 aromatic heterocycles. The predicted molar refractivity (Wildman–Crippen MR) is 153 cm³/mol. The third kappa shape index (κ3) is 6.15. The second kappa shape index (κ2) is 12.9. The Morgan fingerprint density at radius 2 is 1.46 bits per heavy atom. The molecule has 2 aliphatic rings. The summed E-state index contributed by atoms with van der Waals surface area (Å²) >= 11 is 0. The van der Waals surface area contributed by atoms with Gasteiger partial charge in [0, 0.05) is 24.6 Å². The Labute approximate surface area is 260 Å². The molecular weight excluding hydrogens is 616 g/mol. The summed E-state index contributed by atoms with van der Waals surface area (Å²) in [5, 5.41) is 73.0. The molecule has 0 spiro atoms. The van der Waals surface area contributed by atoms with E-state index in [4.69, 9.17) is 32.8 Å². The number of hydrogen-bond donors (Lipinski definition) is 7. The van der Waals surface area contributed by atoms with Gasteiger partial charge in [0.25, 0.3) is 0 Å². The van der Waals surface area contributed by atoms with Crippen molar-refractivity contribution in [3.8, 4) is 40.1 Å². The minimum absolute atomic E-state index is 0.0788. The fraction of sp³-hybridized carbons (Fsp3) is 0.467. The minimum Gasteiger partial charge on any atom is -0.507 e. The number of esters is 1. The summed E-state index contributed by atoms with van der Waals surface area (Å²) in [5.41, 5.74) is -1.14. The van der Waals surface area contributed by atoms with Gasteiger partial charge in [-0.05, 0) is 32.0 Å². The van der Waals surface area contributed by atoms with E-state index in [0.29, 0.717) is 0 Å². The molecule has 2 aromatic carbocycles. The summed E-state index contributed by atoms with van der Waals surface area (Å²) < 4.78 is 38.7. The lowest BCUT2D eigenvalue weighted by Crippen LogP contribution is -2.59. The first kappa shape index (κ1) is 33.2. The molecule has 0 bridgehead atoms. The van der Waals surface area contributed by atoms with Gasteiger partial charge >= 0.3 is 5.97 Å². The molecule has 5 rings (SSSR count). The zero-order chi connectivity index (χ0) is 33.6. The zero-order valence-corrected chi connectivity index (χ0v) is 25.0. The third-order valence-electron chi connectivity index (χ3n) is 7.73. The van der Waals surface area contributed by atoms with Crippen molar-refractivity contribution in [1.82, 2.24) is 0 Å². The van der Waals surface area contributed by atoms with E-state index in [9.17, 15) is 45.3 Å². The van der Waals surface area contributed by atoms with E-state index in [1.54, 1.807) is 0 Å². The van der Waals surface area contributed by atoms with Crippen LogP contribution in [0.3, 0.4) is 0 Å². The van der Waals surface area contributed by atoms with Gasteiger partial charge in [0.1, 0.15) is 46.9 Å². The van der Waals surface area contributed by atoms with Crippen molar-refractivity contribution in [2.45, 2.75) is 82.2 Å². The normalized spacial score (nSPS) is 31.3. The number of methoxy groups -OCH3 is 1. The van der Waals surface area contributed by atoms with E-state index in [2.05, 4.69) is 0 Å². The molecule has 10 atom stereocenters. The molecule has 7 N–H and O–H groups in total. The van der Waals surface area contributed by atoms with Crippen LogP contribution in [0.5, 0.6) is 28.7 Å². The van der Waals surface area contributed by atoms with Crippen molar-refractivity contribution in [1.29, 1.82) is 0 Å². The number of carbonyl (C=O) groups excluding carboxylic acids is 1. The van der Waals surface area contributed by atoms with Crippen LogP contribution in [0.1, 0.15) is 20.8 Å². The van der Waals surface area contributed by atoms with E-state index >= 15 is 0 Å².